The summed E-state index contributed by atoms with van der Waals surface area (Å²) in [5.74, 6) is 0.703. The fourth-order valence-electron chi connectivity index (χ4n) is 4.58. The summed E-state index contributed by atoms with van der Waals surface area (Å²) in [4.78, 5) is 42.6. The van der Waals surface area contributed by atoms with Crippen molar-refractivity contribution in [3.63, 3.8) is 0 Å². The Balaban J connectivity index is 1.48. The minimum absolute atomic E-state index is 0.00459. The van der Waals surface area contributed by atoms with Gasteiger partial charge in [-0.05, 0) is 25.0 Å². The predicted octanol–water partition coefficient (Wildman–Crippen LogP) is 0.665. The number of ether oxygens (including phenoxy) is 1. The van der Waals surface area contributed by atoms with Gasteiger partial charge in [-0.2, -0.15) is 0 Å². The normalized spacial score (nSPS) is 17.9. The van der Waals surface area contributed by atoms with Crippen molar-refractivity contribution in [2.24, 2.45) is 7.05 Å². The van der Waals surface area contributed by atoms with E-state index in [1.165, 1.54) is 18.0 Å². The number of rotatable bonds is 3. The molecular formula is C21H23N7O3. The van der Waals surface area contributed by atoms with Crippen LogP contribution in [-0.2, 0) is 11.8 Å². The molecule has 10 nitrogen and oxygen atoms in total. The van der Waals surface area contributed by atoms with Crippen molar-refractivity contribution in [1.29, 1.82) is 0 Å². The molecule has 1 spiro atoms. The SMILES string of the molecule is COc1nc2c(N3CCC4(CC3)C(=O)NCN4c3ccccc3)ncnc2n(C)c1=O. The first-order valence-electron chi connectivity index (χ1n) is 10.2. The molecule has 4 heterocycles. The van der Waals surface area contributed by atoms with Crippen LogP contribution in [0.5, 0.6) is 5.88 Å². The maximum atomic E-state index is 12.9. The number of para-hydroxylation sites is 1. The number of amides is 1. The van der Waals surface area contributed by atoms with Crippen LogP contribution in [0.15, 0.2) is 41.5 Å². The number of piperidine rings is 1. The van der Waals surface area contributed by atoms with Gasteiger partial charge in [-0.15, -0.1) is 0 Å². The van der Waals surface area contributed by atoms with Gasteiger partial charge in [-0.1, -0.05) is 18.2 Å². The number of methoxy groups -OCH3 is 1. The number of nitrogens with zero attached hydrogens (tertiary/aromatic N) is 6. The molecule has 0 radical (unpaired) electrons. The number of aromatic nitrogens is 4. The number of carbonyl (C=O) groups excluding carboxylic acids is 1. The summed E-state index contributed by atoms with van der Waals surface area (Å²) >= 11 is 0. The zero-order chi connectivity index (χ0) is 21.6. The molecule has 2 saturated heterocycles. The maximum absolute atomic E-state index is 12.9. The maximum Gasteiger partial charge on any atom is 0.314 e. The van der Waals surface area contributed by atoms with Gasteiger partial charge in [-0.25, -0.2) is 15.0 Å². The Kier molecular flexibility index (Phi) is 4.49. The van der Waals surface area contributed by atoms with Crippen molar-refractivity contribution in [3.05, 3.63) is 47.0 Å². The first-order chi connectivity index (χ1) is 15.0. The van der Waals surface area contributed by atoms with Crippen LogP contribution >= 0.6 is 0 Å². The molecule has 2 aliphatic heterocycles. The van der Waals surface area contributed by atoms with E-state index in [1.807, 2.05) is 30.3 Å². The lowest BCUT2D eigenvalue weighted by molar-refractivity contribution is -0.124. The number of aryl methyl sites for hydroxylation is 1. The van der Waals surface area contributed by atoms with Crippen molar-refractivity contribution < 1.29 is 9.53 Å². The largest absolute Gasteiger partial charge is 0.477 e. The van der Waals surface area contributed by atoms with Crippen molar-refractivity contribution in [2.45, 2.75) is 18.4 Å². The summed E-state index contributed by atoms with van der Waals surface area (Å²) in [6.45, 7) is 1.74. The second-order valence-electron chi connectivity index (χ2n) is 7.80. The van der Waals surface area contributed by atoms with Crippen molar-refractivity contribution in [1.82, 2.24) is 24.8 Å². The summed E-state index contributed by atoms with van der Waals surface area (Å²) in [7, 11) is 3.05. The molecule has 0 unspecified atom stereocenters. The van der Waals surface area contributed by atoms with Crippen molar-refractivity contribution >= 4 is 28.6 Å². The van der Waals surface area contributed by atoms with Crippen LogP contribution in [0, 0.1) is 0 Å². The molecule has 3 aromatic rings. The molecule has 2 aliphatic rings. The second-order valence-corrected chi connectivity index (χ2v) is 7.80. The Morgan fingerprint density at radius 1 is 1.10 bits per heavy atom. The zero-order valence-corrected chi connectivity index (χ0v) is 17.4. The fourth-order valence-corrected chi connectivity index (χ4v) is 4.58. The van der Waals surface area contributed by atoms with Gasteiger partial charge in [0.05, 0.1) is 13.8 Å². The molecule has 0 atom stereocenters. The van der Waals surface area contributed by atoms with E-state index >= 15 is 0 Å². The van der Waals surface area contributed by atoms with Gasteiger partial charge in [0.1, 0.15) is 11.9 Å². The first kappa shape index (κ1) is 19.3. The summed E-state index contributed by atoms with van der Waals surface area (Å²) in [5.41, 5.74) is 1.05. The van der Waals surface area contributed by atoms with Crippen LogP contribution in [0.25, 0.3) is 11.2 Å². The third-order valence-corrected chi connectivity index (χ3v) is 6.29. The lowest BCUT2D eigenvalue weighted by Crippen LogP contribution is -2.56. The molecule has 160 valence electrons. The average Bonchev–Trinajstić information content (AvgIpc) is 3.12. The predicted molar refractivity (Wildman–Crippen MR) is 115 cm³/mol. The molecule has 31 heavy (non-hydrogen) atoms. The quantitative estimate of drug-likeness (QED) is 0.658. The topological polar surface area (TPSA) is 105 Å². The number of hydrogen-bond acceptors (Lipinski definition) is 8. The third-order valence-electron chi connectivity index (χ3n) is 6.29. The van der Waals surface area contributed by atoms with E-state index in [0.29, 0.717) is 49.6 Å². The average molecular weight is 421 g/mol. The lowest BCUT2D eigenvalue weighted by Gasteiger charge is -2.43. The van der Waals surface area contributed by atoms with Gasteiger partial charge < -0.3 is 19.9 Å². The summed E-state index contributed by atoms with van der Waals surface area (Å²) in [6.07, 6.45) is 2.72. The fraction of sp³-hybridized carbons (Fsp3) is 0.381. The molecule has 1 amide bonds. The minimum atomic E-state index is -0.585. The van der Waals surface area contributed by atoms with E-state index in [-0.39, 0.29) is 17.3 Å². The molecular weight excluding hydrogens is 398 g/mol. The zero-order valence-electron chi connectivity index (χ0n) is 17.4. The van der Waals surface area contributed by atoms with E-state index in [2.05, 4.69) is 30.1 Å². The number of benzene rings is 1. The molecule has 0 bridgehead atoms. The highest BCUT2D eigenvalue weighted by Crippen LogP contribution is 2.37. The number of nitrogens with one attached hydrogen (secondary N) is 1. The Morgan fingerprint density at radius 2 is 1.84 bits per heavy atom. The van der Waals surface area contributed by atoms with Gasteiger partial charge in [0.15, 0.2) is 17.0 Å². The number of hydrogen-bond donors (Lipinski definition) is 1. The second kappa shape index (κ2) is 7.22. The Bertz CT molecular complexity index is 1200. The highest BCUT2D eigenvalue weighted by Gasteiger charge is 2.50. The minimum Gasteiger partial charge on any atom is -0.477 e. The standard InChI is InChI=1S/C21H23N7O3/c1-26-16-15(25-18(31-2)19(26)29)17(23-12-22-16)27-10-8-21(9-11-27)20(30)24-13-28(21)14-6-4-3-5-7-14/h3-7,12H,8-11,13H2,1-2H3,(H,24,30). The first-order valence-corrected chi connectivity index (χ1v) is 10.2. The summed E-state index contributed by atoms with van der Waals surface area (Å²) < 4.78 is 6.57. The molecule has 2 fully saturated rings. The van der Waals surface area contributed by atoms with Crippen LogP contribution in [0.2, 0.25) is 0 Å². The van der Waals surface area contributed by atoms with Crippen LogP contribution in [0.4, 0.5) is 11.5 Å². The third kappa shape index (κ3) is 2.89. The van der Waals surface area contributed by atoms with E-state index in [9.17, 15) is 9.59 Å². The smallest absolute Gasteiger partial charge is 0.314 e. The highest BCUT2D eigenvalue weighted by atomic mass is 16.5. The molecule has 2 aromatic heterocycles. The molecule has 0 aliphatic carbocycles. The Morgan fingerprint density at radius 3 is 2.55 bits per heavy atom. The van der Waals surface area contributed by atoms with Crippen LogP contribution in [0.3, 0.4) is 0 Å². The van der Waals surface area contributed by atoms with Crippen molar-refractivity contribution in [3.8, 4) is 5.88 Å². The lowest BCUT2D eigenvalue weighted by atomic mass is 9.85. The van der Waals surface area contributed by atoms with E-state index in [0.717, 1.165) is 5.69 Å². The van der Waals surface area contributed by atoms with Crippen molar-refractivity contribution in [2.75, 3.05) is 36.7 Å². The number of fused-ring (bicyclic) bond motifs is 1. The van der Waals surface area contributed by atoms with Crippen LogP contribution in [0.1, 0.15) is 12.8 Å². The van der Waals surface area contributed by atoms with Gasteiger partial charge in [0.25, 0.3) is 5.88 Å². The molecule has 5 rings (SSSR count). The molecule has 1 aromatic carbocycles. The van der Waals surface area contributed by atoms with Crippen LogP contribution < -0.4 is 25.4 Å². The van der Waals surface area contributed by atoms with E-state index in [4.69, 9.17) is 4.74 Å². The van der Waals surface area contributed by atoms with Crippen LogP contribution in [-0.4, -0.2) is 57.8 Å². The van der Waals surface area contributed by atoms with E-state index < -0.39 is 5.54 Å². The van der Waals surface area contributed by atoms with Gasteiger partial charge in [0, 0.05) is 25.8 Å². The molecule has 1 N–H and O–H groups in total. The highest BCUT2D eigenvalue weighted by molar-refractivity contribution is 5.94. The number of carbonyl (C=O) groups is 1. The summed E-state index contributed by atoms with van der Waals surface area (Å²) in [5, 5.41) is 3.02. The Labute approximate surface area is 178 Å². The Hall–Kier alpha value is -3.69. The molecule has 0 saturated carbocycles. The van der Waals surface area contributed by atoms with Gasteiger partial charge in [-0.3, -0.25) is 14.2 Å². The molecule has 10 heteroatoms. The number of anilines is 2. The van der Waals surface area contributed by atoms with Gasteiger partial charge >= 0.3 is 5.56 Å². The monoisotopic (exact) mass is 421 g/mol. The summed E-state index contributed by atoms with van der Waals surface area (Å²) in [6, 6.07) is 10.00. The van der Waals surface area contributed by atoms with E-state index in [1.54, 1.807) is 7.05 Å². The van der Waals surface area contributed by atoms with Gasteiger partial charge in [0.2, 0.25) is 5.91 Å².